The number of esters is 1. The van der Waals surface area contributed by atoms with E-state index >= 15 is 0 Å². The van der Waals surface area contributed by atoms with Crippen molar-refractivity contribution in [2.24, 2.45) is 0 Å². The van der Waals surface area contributed by atoms with Crippen LogP contribution in [0.2, 0.25) is 10.0 Å². The van der Waals surface area contributed by atoms with Gasteiger partial charge in [0.15, 0.2) is 17.1 Å². The first kappa shape index (κ1) is 32.9. The van der Waals surface area contributed by atoms with E-state index in [0.29, 0.717) is 30.3 Å². The minimum Gasteiger partial charge on any atom is -0.508 e. The van der Waals surface area contributed by atoms with Crippen molar-refractivity contribution in [2.45, 2.75) is 50.9 Å². The van der Waals surface area contributed by atoms with Crippen molar-refractivity contribution in [3.63, 3.8) is 0 Å². The van der Waals surface area contributed by atoms with Crippen LogP contribution in [0.3, 0.4) is 0 Å². The standard InChI is InChI=1S/C28H29BCl2N2O11/c1-15(2)42-27(39)28(12-23(34)35)13-24(36)43-29(44-28)14-32-26(38)20(33-25(37)18-11-17(30)4-5-19(18)31)9-16-3-6-21-22(10-16)41-8-7-40-21/h3-6,10-11,15,20H,7-9,12-14H2,1-2H3,(H,32,38)(H,33,37)(H,34,35). The number of ether oxygens (including phenoxy) is 3. The summed E-state index contributed by atoms with van der Waals surface area (Å²) in [6, 6.07) is 8.17. The SMILES string of the molecule is CC(C)OC(=O)C1(CC(=O)O)CC(=O)OB(CNC(=O)C(Cc2ccc3c(c2)OCCO3)NC(=O)c2cc(Cl)ccc2Cl)O1. The Labute approximate surface area is 262 Å². The predicted octanol–water partition coefficient (Wildman–Crippen LogP) is 2.38. The van der Waals surface area contributed by atoms with Crippen molar-refractivity contribution in [1.29, 1.82) is 0 Å². The van der Waals surface area contributed by atoms with Gasteiger partial charge in [-0.1, -0.05) is 29.3 Å². The van der Waals surface area contributed by atoms with E-state index in [-0.39, 0.29) is 22.0 Å². The lowest BCUT2D eigenvalue weighted by Gasteiger charge is -2.36. The number of amides is 2. The van der Waals surface area contributed by atoms with Gasteiger partial charge >= 0.3 is 19.1 Å². The molecule has 0 aromatic heterocycles. The van der Waals surface area contributed by atoms with E-state index in [1.807, 2.05) is 0 Å². The number of hydrogen-bond acceptors (Lipinski definition) is 10. The third kappa shape index (κ3) is 8.33. The Morgan fingerprint density at radius 1 is 1.07 bits per heavy atom. The second kappa shape index (κ2) is 14.2. The molecule has 13 nitrogen and oxygen atoms in total. The van der Waals surface area contributed by atoms with Crippen LogP contribution in [0, 0.1) is 0 Å². The molecule has 2 aliphatic rings. The van der Waals surface area contributed by atoms with Crippen LogP contribution in [0.15, 0.2) is 36.4 Å². The molecule has 0 bridgehead atoms. The highest BCUT2D eigenvalue weighted by Gasteiger charge is 2.53. The highest BCUT2D eigenvalue weighted by atomic mass is 35.5. The third-order valence-corrected chi connectivity index (χ3v) is 7.05. The minimum absolute atomic E-state index is 0.0125. The van der Waals surface area contributed by atoms with Gasteiger partial charge in [0.1, 0.15) is 19.3 Å². The summed E-state index contributed by atoms with van der Waals surface area (Å²) in [5.41, 5.74) is -1.52. The molecule has 3 N–H and O–H groups in total. The van der Waals surface area contributed by atoms with Crippen LogP contribution in [0.5, 0.6) is 11.5 Å². The molecular weight excluding hydrogens is 622 g/mol. The number of benzene rings is 2. The van der Waals surface area contributed by atoms with Gasteiger partial charge in [0, 0.05) is 11.4 Å². The van der Waals surface area contributed by atoms with Crippen LogP contribution >= 0.6 is 23.2 Å². The normalized spacial score (nSPS) is 18.2. The zero-order valence-electron chi connectivity index (χ0n) is 23.7. The van der Waals surface area contributed by atoms with E-state index in [1.165, 1.54) is 18.2 Å². The molecule has 0 aliphatic carbocycles. The van der Waals surface area contributed by atoms with Gasteiger partial charge in [0.25, 0.3) is 11.9 Å². The summed E-state index contributed by atoms with van der Waals surface area (Å²) in [5.74, 6) is -3.78. The van der Waals surface area contributed by atoms with Crippen LogP contribution in [0.1, 0.15) is 42.6 Å². The fourth-order valence-corrected chi connectivity index (χ4v) is 4.93. The number of carbonyl (C=O) groups is 5. The number of halogens is 2. The van der Waals surface area contributed by atoms with Crippen molar-refractivity contribution < 1.29 is 52.6 Å². The van der Waals surface area contributed by atoms with Gasteiger partial charge in [0.05, 0.1) is 36.0 Å². The molecule has 2 heterocycles. The first-order valence-electron chi connectivity index (χ1n) is 13.6. The second-order valence-corrected chi connectivity index (χ2v) is 11.2. The molecule has 1 saturated heterocycles. The topological polar surface area (TPSA) is 176 Å². The fourth-order valence-electron chi connectivity index (χ4n) is 4.56. The number of carboxylic acid groups (broad SMARTS) is 1. The average Bonchev–Trinajstić information content (AvgIpc) is 2.95. The number of fused-ring (bicyclic) bond motifs is 1. The number of carboxylic acids is 1. The number of aliphatic carboxylic acids is 1. The average molecular weight is 651 g/mol. The summed E-state index contributed by atoms with van der Waals surface area (Å²) in [7, 11) is -1.53. The van der Waals surface area contributed by atoms with Gasteiger partial charge in [-0.05, 0) is 49.7 Å². The largest absolute Gasteiger partial charge is 0.548 e. The molecular formula is C28H29BCl2N2O11. The second-order valence-electron chi connectivity index (χ2n) is 10.3. The van der Waals surface area contributed by atoms with Gasteiger partial charge in [-0.3, -0.25) is 19.2 Å². The summed E-state index contributed by atoms with van der Waals surface area (Å²) in [5, 5.41) is 15.0. The maximum atomic E-state index is 13.5. The van der Waals surface area contributed by atoms with Crippen molar-refractivity contribution >= 4 is 60.0 Å². The molecule has 0 spiro atoms. The Hall–Kier alpha value is -4.01. The first-order valence-corrected chi connectivity index (χ1v) is 14.3. The minimum atomic E-state index is -2.16. The molecule has 2 atom stereocenters. The van der Waals surface area contributed by atoms with Crippen molar-refractivity contribution in [1.82, 2.24) is 10.6 Å². The Bertz CT molecular complexity index is 1450. The maximum Gasteiger partial charge on any atom is 0.548 e. The van der Waals surface area contributed by atoms with Gasteiger partial charge in [0.2, 0.25) is 5.91 Å². The molecule has 2 aromatic carbocycles. The van der Waals surface area contributed by atoms with Gasteiger partial charge in [-0.25, -0.2) is 4.79 Å². The Morgan fingerprint density at radius 2 is 1.80 bits per heavy atom. The lowest BCUT2D eigenvalue weighted by atomic mass is 9.81. The Morgan fingerprint density at radius 3 is 2.50 bits per heavy atom. The van der Waals surface area contributed by atoms with Gasteiger partial charge in [-0.2, -0.15) is 0 Å². The Kier molecular flexibility index (Phi) is 10.6. The lowest BCUT2D eigenvalue weighted by Crippen LogP contribution is -2.59. The molecule has 0 radical (unpaired) electrons. The molecule has 16 heteroatoms. The zero-order chi connectivity index (χ0) is 32.0. The molecule has 234 valence electrons. The Balaban J connectivity index is 1.53. The molecule has 2 aliphatic heterocycles. The molecule has 0 saturated carbocycles. The highest BCUT2D eigenvalue weighted by Crippen LogP contribution is 2.32. The van der Waals surface area contributed by atoms with Gasteiger partial charge in [-0.15, -0.1) is 0 Å². The van der Waals surface area contributed by atoms with Crippen molar-refractivity contribution in [3.05, 3.63) is 57.6 Å². The smallest absolute Gasteiger partial charge is 0.508 e. The van der Waals surface area contributed by atoms with Crippen LogP contribution in [-0.4, -0.2) is 79.4 Å². The lowest BCUT2D eigenvalue weighted by molar-refractivity contribution is -0.182. The number of nitrogens with one attached hydrogen (secondary N) is 2. The molecule has 4 rings (SSSR count). The maximum absolute atomic E-state index is 13.5. The van der Waals surface area contributed by atoms with E-state index in [9.17, 15) is 29.1 Å². The number of hydrogen-bond donors (Lipinski definition) is 3. The summed E-state index contributed by atoms with van der Waals surface area (Å²) in [6.07, 6.45) is -2.68. The first-order chi connectivity index (χ1) is 20.8. The number of rotatable bonds is 11. The van der Waals surface area contributed by atoms with E-state index in [0.717, 1.165) is 0 Å². The van der Waals surface area contributed by atoms with Crippen molar-refractivity contribution in [2.75, 3.05) is 19.7 Å². The summed E-state index contributed by atoms with van der Waals surface area (Å²) in [6.45, 7) is 3.85. The molecule has 2 unspecified atom stereocenters. The van der Waals surface area contributed by atoms with E-state index < -0.39 is 73.9 Å². The van der Waals surface area contributed by atoms with E-state index in [4.69, 9.17) is 46.7 Å². The quantitative estimate of drug-likeness (QED) is 0.240. The summed E-state index contributed by atoms with van der Waals surface area (Å²) >= 11 is 12.2. The molecule has 2 amide bonds. The third-order valence-electron chi connectivity index (χ3n) is 6.49. The zero-order valence-corrected chi connectivity index (χ0v) is 25.2. The van der Waals surface area contributed by atoms with Crippen molar-refractivity contribution in [3.8, 4) is 11.5 Å². The van der Waals surface area contributed by atoms with Gasteiger partial charge < -0.3 is 39.3 Å². The summed E-state index contributed by atoms with van der Waals surface area (Å²) < 4.78 is 27.1. The molecule has 1 fully saturated rings. The van der Waals surface area contributed by atoms with E-state index in [1.54, 1.807) is 32.0 Å². The van der Waals surface area contributed by atoms with E-state index in [2.05, 4.69) is 10.6 Å². The van der Waals surface area contributed by atoms with Crippen LogP contribution in [0.25, 0.3) is 0 Å². The van der Waals surface area contributed by atoms with Crippen LogP contribution < -0.4 is 20.1 Å². The predicted molar refractivity (Wildman–Crippen MR) is 156 cm³/mol. The molecule has 44 heavy (non-hydrogen) atoms. The van der Waals surface area contributed by atoms with Crippen LogP contribution in [0.4, 0.5) is 0 Å². The highest BCUT2D eigenvalue weighted by molar-refractivity contribution is 6.48. The summed E-state index contributed by atoms with van der Waals surface area (Å²) in [4.78, 5) is 63.5. The van der Waals surface area contributed by atoms with Crippen LogP contribution in [-0.2, 0) is 39.6 Å². The fraction of sp³-hybridized carbons (Fsp3) is 0.393. The monoisotopic (exact) mass is 650 g/mol. The number of carbonyl (C=O) groups excluding carboxylic acids is 4. The molecule has 2 aromatic rings.